The minimum absolute atomic E-state index is 0.355. The lowest BCUT2D eigenvalue weighted by Crippen LogP contribution is -2.37. The molecule has 4 heteroatoms. The molecule has 0 aromatic heterocycles. The van der Waals surface area contributed by atoms with Gasteiger partial charge in [-0.1, -0.05) is 12.1 Å². The molecule has 2 atom stereocenters. The molecule has 0 spiro atoms. The summed E-state index contributed by atoms with van der Waals surface area (Å²) in [4.78, 5) is 0. The van der Waals surface area contributed by atoms with E-state index in [4.69, 9.17) is 14.2 Å². The molecule has 2 unspecified atom stereocenters. The minimum Gasteiger partial charge on any atom is -0.490 e. The van der Waals surface area contributed by atoms with Gasteiger partial charge in [0.15, 0.2) is 11.5 Å². The molecule has 0 amide bonds. The Morgan fingerprint density at radius 1 is 1.20 bits per heavy atom. The van der Waals surface area contributed by atoms with Crippen LogP contribution < -0.4 is 14.8 Å². The van der Waals surface area contributed by atoms with Crippen LogP contribution in [0.4, 0.5) is 0 Å². The van der Waals surface area contributed by atoms with Gasteiger partial charge >= 0.3 is 0 Å². The van der Waals surface area contributed by atoms with Crippen molar-refractivity contribution in [2.75, 3.05) is 19.8 Å². The minimum atomic E-state index is 0.355. The molecule has 2 aliphatic heterocycles. The van der Waals surface area contributed by atoms with Crippen LogP contribution in [0.15, 0.2) is 18.2 Å². The number of rotatable bonds is 3. The molecule has 0 radical (unpaired) electrons. The van der Waals surface area contributed by atoms with Gasteiger partial charge in [0.25, 0.3) is 0 Å². The SMILES string of the molecule is CC1CC(NCc2cccc3c2OCCCO3)CCO1. The van der Waals surface area contributed by atoms with E-state index in [9.17, 15) is 0 Å². The number of ether oxygens (including phenoxy) is 3. The maximum atomic E-state index is 5.85. The van der Waals surface area contributed by atoms with Crippen molar-refractivity contribution >= 4 is 0 Å². The third-order valence-corrected chi connectivity index (χ3v) is 3.92. The lowest BCUT2D eigenvalue weighted by atomic mass is 10.0. The molecule has 1 fully saturated rings. The largest absolute Gasteiger partial charge is 0.490 e. The smallest absolute Gasteiger partial charge is 0.165 e. The summed E-state index contributed by atoms with van der Waals surface area (Å²) in [6, 6.07) is 6.67. The highest BCUT2D eigenvalue weighted by atomic mass is 16.5. The monoisotopic (exact) mass is 277 g/mol. The van der Waals surface area contributed by atoms with Crippen LogP contribution in [-0.4, -0.2) is 32.0 Å². The molecular weight excluding hydrogens is 254 g/mol. The van der Waals surface area contributed by atoms with Gasteiger partial charge in [0.05, 0.1) is 19.3 Å². The fraction of sp³-hybridized carbons (Fsp3) is 0.625. The molecule has 20 heavy (non-hydrogen) atoms. The van der Waals surface area contributed by atoms with E-state index in [0.29, 0.717) is 12.1 Å². The molecule has 1 N–H and O–H groups in total. The molecule has 0 saturated carbocycles. The maximum absolute atomic E-state index is 5.85. The number of fused-ring (bicyclic) bond motifs is 1. The van der Waals surface area contributed by atoms with E-state index in [-0.39, 0.29) is 0 Å². The van der Waals surface area contributed by atoms with Crippen LogP contribution in [0.25, 0.3) is 0 Å². The Labute approximate surface area is 120 Å². The predicted octanol–water partition coefficient (Wildman–Crippen LogP) is 2.51. The average Bonchev–Trinajstić information content (AvgIpc) is 2.71. The molecule has 2 heterocycles. The van der Waals surface area contributed by atoms with Gasteiger partial charge in [0, 0.05) is 31.2 Å². The van der Waals surface area contributed by atoms with E-state index in [0.717, 1.165) is 57.1 Å². The van der Waals surface area contributed by atoms with E-state index < -0.39 is 0 Å². The van der Waals surface area contributed by atoms with Crippen molar-refractivity contribution in [1.29, 1.82) is 0 Å². The highest BCUT2D eigenvalue weighted by Crippen LogP contribution is 2.33. The summed E-state index contributed by atoms with van der Waals surface area (Å²) in [6.45, 7) is 5.29. The Morgan fingerprint density at radius 3 is 3.00 bits per heavy atom. The molecule has 1 aromatic rings. The average molecular weight is 277 g/mol. The number of nitrogens with one attached hydrogen (secondary N) is 1. The van der Waals surface area contributed by atoms with Crippen LogP contribution in [0, 0.1) is 0 Å². The molecule has 2 aliphatic rings. The molecule has 1 aromatic carbocycles. The molecule has 4 nitrogen and oxygen atoms in total. The Hall–Kier alpha value is -1.26. The Balaban J connectivity index is 1.65. The van der Waals surface area contributed by atoms with Gasteiger partial charge in [-0.15, -0.1) is 0 Å². The quantitative estimate of drug-likeness (QED) is 0.921. The van der Waals surface area contributed by atoms with Crippen molar-refractivity contribution < 1.29 is 14.2 Å². The van der Waals surface area contributed by atoms with E-state index in [1.165, 1.54) is 5.56 Å². The lowest BCUT2D eigenvalue weighted by Gasteiger charge is -2.28. The summed E-state index contributed by atoms with van der Waals surface area (Å²) >= 11 is 0. The topological polar surface area (TPSA) is 39.7 Å². The first-order valence-electron chi connectivity index (χ1n) is 7.55. The highest BCUT2D eigenvalue weighted by Gasteiger charge is 2.20. The molecule has 1 saturated heterocycles. The lowest BCUT2D eigenvalue weighted by molar-refractivity contribution is 0.0130. The second-order valence-corrected chi connectivity index (χ2v) is 5.58. The van der Waals surface area contributed by atoms with Crippen molar-refractivity contribution in [3.8, 4) is 11.5 Å². The van der Waals surface area contributed by atoms with Crippen LogP contribution in [0.2, 0.25) is 0 Å². The molecule has 0 bridgehead atoms. The van der Waals surface area contributed by atoms with Gasteiger partial charge in [-0.05, 0) is 25.8 Å². The summed E-state index contributed by atoms with van der Waals surface area (Å²) in [5.41, 5.74) is 1.18. The van der Waals surface area contributed by atoms with Crippen molar-refractivity contribution in [2.45, 2.75) is 44.9 Å². The van der Waals surface area contributed by atoms with Crippen molar-refractivity contribution in [3.63, 3.8) is 0 Å². The second kappa shape index (κ2) is 6.46. The zero-order valence-corrected chi connectivity index (χ0v) is 12.1. The standard InChI is InChI=1S/C16H23NO3/c1-12-10-14(6-9-18-12)17-11-13-4-2-5-15-16(13)20-8-3-7-19-15/h2,4-5,12,14,17H,3,6-11H2,1H3. The normalized spacial score (nSPS) is 26.1. The zero-order valence-electron chi connectivity index (χ0n) is 12.1. The second-order valence-electron chi connectivity index (χ2n) is 5.58. The number of benzene rings is 1. The fourth-order valence-corrected chi connectivity index (χ4v) is 2.83. The molecular formula is C16H23NO3. The fourth-order valence-electron chi connectivity index (χ4n) is 2.83. The van der Waals surface area contributed by atoms with Gasteiger partial charge in [-0.25, -0.2) is 0 Å². The van der Waals surface area contributed by atoms with Gasteiger partial charge in [0.1, 0.15) is 0 Å². The Morgan fingerprint density at radius 2 is 2.10 bits per heavy atom. The van der Waals surface area contributed by atoms with Gasteiger partial charge < -0.3 is 19.5 Å². The van der Waals surface area contributed by atoms with Gasteiger partial charge in [-0.2, -0.15) is 0 Å². The third-order valence-electron chi connectivity index (χ3n) is 3.92. The summed E-state index contributed by atoms with van der Waals surface area (Å²) < 4.78 is 17.2. The van der Waals surface area contributed by atoms with Crippen LogP contribution in [-0.2, 0) is 11.3 Å². The van der Waals surface area contributed by atoms with Crippen molar-refractivity contribution in [1.82, 2.24) is 5.32 Å². The van der Waals surface area contributed by atoms with E-state index in [1.54, 1.807) is 0 Å². The number of hydrogen-bond donors (Lipinski definition) is 1. The third kappa shape index (κ3) is 3.25. The van der Waals surface area contributed by atoms with Crippen molar-refractivity contribution in [3.05, 3.63) is 23.8 Å². The van der Waals surface area contributed by atoms with Gasteiger partial charge in [0.2, 0.25) is 0 Å². The van der Waals surface area contributed by atoms with Crippen LogP contribution in [0.1, 0.15) is 31.7 Å². The molecule has 3 rings (SSSR count). The first kappa shape index (κ1) is 13.7. The maximum Gasteiger partial charge on any atom is 0.165 e. The first-order valence-corrected chi connectivity index (χ1v) is 7.55. The Kier molecular flexibility index (Phi) is 4.43. The van der Waals surface area contributed by atoms with Gasteiger partial charge in [-0.3, -0.25) is 0 Å². The summed E-state index contributed by atoms with van der Waals surface area (Å²) in [7, 11) is 0. The summed E-state index contributed by atoms with van der Waals surface area (Å²) in [6.07, 6.45) is 3.45. The highest BCUT2D eigenvalue weighted by molar-refractivity contribution is 5.47. The summed E-state index contributed by atoms with van der Waals surface area (Å²) in [5, 5.41) is 3.62. The van der Waals surface area contributed by atoms with E-state index in [1.807, 2.05) is 12.1 Å². The number of hydrogen-bond acceptors (Lipinski definition) is 4. The zero-order chi connectivity index (χ0) is 13.8. The summed E-state index contributed by atoms with van der Waals surface area (Å²) in [5.74, 6) is 1.79. The van der Waals surface area contributed by atoms with E-state index >= 15 is 0 Å². The number of para-hydroxylation sites is 1. The molecule has 110 valence electrons. The van der Waals surface area contributed by atoms with Crippen molar-refractivity contribution in [2.24, 2.45) is 0 Å². The van der Waals surface area contributed by atoms with E-state index in [2.05, 4.69) is 18.3 Å². The predicted molar refractivity (Wildman–Crippen MR) is 77.3 cm³/mol. The first-order chi connectivity index (χ1) is 9.83. The van der Waals surface area contributed by atoms with Crippen LogP contribution in [0.3, 0.4) is 0 Å². The van der Waals surface area contributed by atoms with Crippen LogP contribution in [0.5, 0.6) is 11.5 Å². The molecule has 0 aliphatic carbocycles. The van der Waals surface area contributed by atoms with Crippen LogP contribution >= 0.6 is 0 Å². The Bertz CT molecular complexity index is 449.